The molecular weight excluding hydrogens is 472 g/mol. The van der Waals surface area contributed by atoms with E-state index >= 15 is 0 Å². The summed E-state index contributed by atoms with van der Waals surface area (Å²) in [5.74, 6) is -1.27. The van der Waals surface area contributed by atoms with Crippen LogP contribution in [0.4, 0.5) is 4.79 Å². The van der Waals surface area contributed by atoms with Gasteiger partial charge in [-0.05, 0) is 64.0 Å². The summed E-state index contributed by atoms with van der Waals surface area (Å²) in [6, 6.07) is 5.64. The van der Waals surface area contributed by atoms with Crippen molar-refractivity contribution >= 4 is 23.8 Å². The van der Waals surface area contributed by atoms with Crippen LogP contribution in [0.2, 0.25) is 0 Å². The van der Waals surface area contributed by atoms with E-state index in [0.29, 0.717) is 12.1 Å². The van der Waals surface area contributed by atoms with Crippen LogP contribution >= 0.6 is 0 Å². The number of benzene rings is 1. The zero-order chi connectivity index (χ0) is 27.6. The minimum Gasteiger partial charge on any atom is -0.444 e. The number of unbranched alkanes of at least 4 members (excludes halogenated alkanes) is 2. The number of rotatable bonds is 14. The van der Waals surface area contributed by atoms with Crippen LogP contribution in [0.5, 0.6) is 0 Å². The molecule has 0 radical (unpaired) electrons. The first-order valence-electron chi connectivity index (χ1n) is 13.4. The molecule has 0 heterocycles. The number of amides is 4. The van der Waals surface area contributed by atoms with Crippen molar-refractivity contribution in [3.05, 3.63) is 35.4 Å². The number of alkyl carbamates (subject to hydrolysis) is 1. The van der Waals surface area contributed by atoms with Gasteiger partial charge in [-0.15, -0.1) is 0 Å². The molecule has 2 rings (SSSR count). The monoisotopic (exact) mass is 516 g/mol. The van der Waals surface area contributed by atoms with Gasteiger partial charge in [-0.2, -0.15) is 0 Å². The van der Waals surface area contributed by atoms with Gasteiger partial charge in [0.25, 0.3) is 0 Å². The SMILES string of the molecule is CCCCCNC(=O)C(c1ccc(CC)cc1)N(C(=O)C(CCC(N)=O)NC(=O)OC(C)(C)C)C1CC1. The van der Waals surface area contributed by atoms with E-state index in [0.717, 1.165) is 44.1 Å². The number of ether oxygens (including phenoxy) is 1. The van der Waals surface area contributed by atoms with E-state index in [2.05, 4.69) is 24.5 Å². The second-order valence-corrected chi connectivity index (χ2v) is 10.7. The number of hydrogen-bond acceptors (Lipinski definition) is 5. The standard InChI is InChI=1S/C28H44N4O5/c1-6-8-9-18-30-25(34)24(20-12-10-19(7-2)11-13-20)32(21-14-15-21)26(35)22(16-17-23(29)33)31-27(36)37-28(3,4)5/h10-13,21-22,24H,6-9,14-18H2,1-5H3,(H2,29,33)(H,30,34)(H,31,36). The van der Waals surface area contributed by atoms with E-state index in [1.807, 2.05) is 24.3 Å². The molecule has 2 atom stereocenters. The van der Waals surface area contributed by atoms with Gasteiger partial charge >= 0.3 is 6.09 Å². The Bertz CT molecular complexity index is 921. The predicted molar refractivity (Wildman–Crippen MR) is 143 cm³/mol. The van der Waals surface area contributed by atoms with Gasteiger partial charge in [0.1, 0.15) is 17.7 Å². The molecule has 206 valence electrons. The number of carbonyl (C=O) groups is 4. The molecule has 0 aliphatic heterocycles. The molecule has 0 spiro atoms. The van der Waals surface area contributed by atoms with Crippen molar-refractivity contribution in [2.75, 3.05) is 6.54 Å². The molecular formula is C28H44N4O5. The molecule has 1 aliphatic carbocycles. The molecule has 37 heavy (non-hydrogen) atoms. The molecule has 1 aliphatic rings. The highest BCUT2D eigenvalue weighted by Gasteiger charge is 2.44. The zero-order valence-corrected chi connectivity index (χ0v) is 23.0. The van der Waals surface area contributed by atoms with Crippen LogP contribution in [0, 0.1) is 0 Å². The summed E-state index contributed by atoms with van der Waals surface area (Å²) >= 11 is 0. The Hall–Kier alpha value is -3.10. The maximum absolute atomic E-state index is 14.0. The third kappa shape index (κ3) is 10.1. The summed E-state index contributed by atoms with van der Waals surface area (Å²) < 4.78 is 5.36. The molecule has 4 N–H and O–H groups in total. The second kappa shape index (κ2) is 14.0. The second-order valence-electron chi connectivity index (χ2n) is 10.7. The Labute approximate surface area is 220 Å². The van der Waals surface area contributed by atoms with E-state index in [9.17, 15) is 19.2 Å². The molecule has 1 aromatic carbocycles. The van der Waals surface area contributed by atoms with Crippen molar-refractivity contribution < 1.29 is 23.9 Å². The Morgan fingerprint density at radius 2 is 1.73 bits per heavy atom. The number of nitrogens with two attached hydrogens (primary N) is 1. The number of aryl methyl sites for hydroxylation is 1. The first-order valence-corrected chi connectivity index (χ1v) is 13.4. The number of carbonyl (C=O) groups excluding carboxylic acids is 4. The average molecular weight is 517 g/mol. The van der Waals surface area contributed by atoms with Crippen molar-refractivity contribution in [1.29, 1.82) is 0 Å². The zero-order valence-electron chi connectivity index (χ0n) is 23.0. The molecule has 9 heteroatoms. The van der Waals surface area contributed by atoms with Crippen molar-refractivity contribution in [2.45, 2.75) is 110 Å². The summed E-state index contributed by atoms with van der Waals surface area (Å²) in [5.41, 5.74) is 6.42. The van der Waals surface area contributed by atoms with Crippen molar-refractivity contribution in [1.82, 2.24) is 15.5 Å². The number of primary amides is 1. The van der Waals surface area contributed by atoms with Crippen LogP contribution in [0.1, 0.15) is 96.7 Å². The van der Waals surface area contributed by atoms with Gasteiger partial charge in [-0.1, -0.05) is 51.0 Å². The Morgan fingerprint density at radius 3 is 2.24 bits per heavy atom. The molecule has 1 fully saturated rings. The third-order valence-corrected chi connectivity index (χ3v) is 6.17. The lowest BCUT2D eigenvalue weighted by atomic mass is 9.99. The fourth-order valence-corrected chi connectivity index (χ4v) is 4.10. The Balaban J connectivity index is 2.39. The lowest BCUT2D eigenvalue weighted by molar-refractivity contribution is -0.143. The minimum absolute atomic E-state index is 0.0102. The highest BCUT2D eigenvalue weighted by atomic mass is 16.6. The summed E-state index contributed by atoms with van der Waals surface area (Å²) in [7, 11) is 0. The third-order valence-electron chi connectivity index (χ3n) is 6.17. The lowest BCUT2D eigenvalue weighted by Gasteiger charge is -2.34. The first kappa shape index (κ1) is 30.1. The maximum Gasteiger partial charge on any atom is 0.408 e. The quantitative estimate of drug-likeness (QED) is 0.324. The van der Waals surface area contributed by atoms with Gasteiger partial charge in [-0.3, -0.25) is 14.4 Å². The van der Waals surface area contributed by atoms with E-state index < -0.39 is 35.6 Å². The number of hydrogen-bond donors (Lipinski definition) is 3. The van der Waals surface area contributed by atoms with Gasteiger partial charge in [0, 0.05) is 19.0 Å². The molecule has 4 amide bonds. The summed E-state index contributed by atoms with van der Waals surface area (Å²) in [4.78, 5) is 53.2. The normalized spacial score (nSPS) is 14.8. The van der Waals surface area contributed by atoms with Crippen molar-refractivity contribution in [2.24, 2.45) is 5.73 Å². The van der Waals surface area contributed by atoms with Gasteiger partial charge < -0.3 is 26.0 Å². The van der Waals surface area contributed by atoms with Gasteiger partial charge in [0.05, 0.1) is 0 Å². The fourth-order valence-electron chi connectivity index (χ4n) is 4.10. The van der Waals surface area contributed by atoms with Gasteiger partial charge in [0.2, 0.25) is 17.7 Å². The van der Waals surface area contributed by atoms with E-state index in [1.54, 1.807) is 25.7 Å². The van der Waals surface area contributed by atoms with Crippen LogP contribution in [-0.4, -0.2) is 52.9 Å². The molecule has 1 saturated carbocycles. The van der Waals surface area contributed by atoms with Crippen LogP contribution < -0.4 is 16.4 Å². The van der Waals surface area contributed by atoms with E-state index in [-0.39, 0.29) is 24.8 Å². The predicted octanol–water partition coefficient (Wildman–Crippen LogP) is 3.75. The van der Waals surface area contributed by atoms with Crippen molar-refractivity contribution in [3.63, 3.8) is 0 Å². The highest BCUT2D eigenvalue weighted by molar-refractivity contribution is 5.93. The largest absolute Gasteiger partial charge is 0.444 e. The topological polar surface area (TPSA) is 131 Å². The fraction of sp³-hybridized carbons (Fsp3) is 0.643. The molecule has 9 nitrogen and oxygen atoms in total. The van der Waals surface area contributed by atoms with Crippen LogP contribution in [0.3, 0.4) is 0 Å². The number of nitrogens with zero attached hydrogens (tertiary/aromatic N) is 1. The van der Waals surface area contributed by atoms with E-state index in [1.165, 1.54) is 0 Å². The molecule has 2 unspecified atom stereocenters. The smallest absolute Gasteiger partial charge is 0.408 e. The molecule has 0 saturated heterocycles. The van der Waals surface area contributed by atoms with Gasteiger partial charge in [0.15, 0.2) is 0 Å². The first-order chi connectivity index (χ1) is 17.5. The highest BCUT2D eigenvalue weighted by Crippen LogP contribution is 2.36. The molecule has 0 aromatic heterocycles. The minimum atomic E-state index is -1.06. The van der Waals surface area contributed by atoms with Crippen molar-refractivity contribution in [3.8, 4) is 0 Å². The Kier molecular flexibility index (Phi) is 11.4. The number of nitrogens with one attached hydrogen (secondary N) is 2. The van der Waals surface area contributed by atoms with E-state index in [4.69, 9.17) is 10.5 Å². The summed E-state index contributed by atoms with van der Waals surface area (Å²) in [6.45, 7) is 9.84. The van der Waals surface area contributed by atoms with Crippen LogP contribution in [-0.2, 0) is 25.5 Å². The summed E-state index contributed by atoms with van der Waals surface area (Å²) in [5, 5.41) is 5.63. The maximum atomic E-state index is 14.0. The lowest BCUT2D eigenvalue weighted by Crippen LogP contribution is -2.54. The Morgan fingerprint density at radius 1 is 1.08 bits per heavy atom. The van der Waals surface area contributed by atoms with Gasteiger partial charge in [-0.25, -0.2) is 4.79 Å². The molecule has 0 bridgehead atoms. The molecule has 1 aromatic rings. The summed E-state index contributed by atoms with van der Waals surface area (Å²) in [6.07, 6.45) is 4.40. The van der Waals surface area contributed by atoms with Crippen LogP contribution in [0.15, 0.2) is 24.3 Å². The van der Waals surface area contributed by atoms with Crippen LogP contribution in [0.25, 0.3) is 0 Å². The average Bonchev–Trinajstić information content (AvgIpc) is 3.66.